The Hall–Kier alpha value is -2.01. The molecule has 0 unspecified atom stereocenters. The molecule has 3 aromatic rings. The molecule has 0 bridgehead atoms. The van der Waals surface area contributed by atoms with Gasteiger partial charge in [-0.05, 0) is 36.4 Å². The number of hydrogen-bond donors (Lipinski definition) is 3. The highest BCUT2D eigenvalue weighted by Gasteiger charge is 2.29. The van der Waals surface area contributed by atoms with Gasteiger partial charge in [0.15, 0.2) is 0 Å². The first-order chi connectivity index (χ1) is 16.5. The number of carbonyl (C=O) groups excluding carboxylic acids is 2. The summed E-state index contributed by atoms with van der Waals surface area (Å²) >= 11 is 28.3. The summed E-state index contributed by atoms with van der Waals surface area (Å²) in [5.74, 6) is -3.44. The molecule has 2 amide bonds. The van der Waals surface area contributed by atoms with Crippen molar-refractivity contribution in [3.05, 3.63) is 84.0 Å². The van der Waals surface area contributed by atoms with Crippen LogP contribution >= 0.6 is 74.1 Å². The molecule has 0 aromatic heterocycles. The molecular formula is C22H12BrCl4FN2O4S. The number of halogens is 6. The van der Waals surface area contributed by atoms with Gasteiger partial charge in [0, 0.05) is 15.1 Å². The Balaban J connectivity index is 1.74. The van der Waals surface area contributed by atoms with Gasteiger partial charge in [0.25, 0.3) is 5.91 Å². The molecular weight excluding hydrogens is 629 g/mol. The van der Waals surface area contributed by atoms with Crippen LogP contribution in [0.3, 0.4) is 0 Å². The summed E-state index contributed by atoms with van der Waals surface area (Å²) in [6, 6.07) is 10.7. The Morgan fingerprint density at radius 3 is 2.20 bits per heavy atom. The van der Waals surface area contributed by atoms with Crippen molar-refractivity contribution >= 4 is 103 Å². The van der Waals surface area contributed by atoms with Gasteiger partial charge in [-0.3, -0.25) is 9.59 Å². The number of amides is 2. The maximum atomic E-state index is 13.9. The summed E-state index contributed by atoms with van der Waals surface area (Å²) in [5, 5.41) is 13.2. The van der Waals surface area contributed by atoms with Crippen molar-refractivity contribution in [3.63, 3.8) is 0 Å². The zero-order valence-electron chi connectivity index (χ0n) is 17.1. The second kappa shape index (κ2) is 11.8. The predicted octanol–water partition coefficient (Wildman–Crippen LogP) is 7.88. The fourth-order valence-corrected chi connectivity index (χ4v) is 4.94. The van der Waals surface area contributed by atoms with Crippen LogP contribution in [0, 0.1) is 5.82 Å². The molecule has 0 saturated heterocycles. The van der Waals surface area contributed by atoms with Crippen molar-refractivity contribution in [1.29, 1.82) is 0 Å². The van der Waals surface area contributed by atoms with Crippen LogP contribution in [0.1, 0.15) is 20.7 Å². The zero-order chi connectivity index (χ0) is 25.9. The maximum Gasteiger partial charge on any atom is 0.338 e. The van der Waals surface area contributed by atoms with Crippen LogP contribution < -0.4 is 10.6 Å². The van der Waals surface area contributed by atoms with Gasteiger partial charge in [-0.1, -0.05) is 68.4 Å². The number of benzene rings is 3. The number of hydrogen-bond acceptors (Lipinski definition) is 4. The van der Waals surface area contributed by atoms with E-state index in [1.54, 1.807) is 30.3 Å². The highest BCUT2D eigenvalue weighted by atomic mass is 79.9. The molecule has 0 aliphatic carbocycles. The van der Waals surface area contributed by atoms with E-state index in [4.69, 9.17) is 46.4 Å². The molecule has 13 heteroatoms. The Labute approximate surface area is 231 Å². The largest absolute Gasteiger partial charge is 0.478 e. The van der Waals surface area contributed by atoms with Crippen molar-refractivity contribution < 1.29 is 23.9 Å². The van der Waals surface area contributed by atoms with Crippen LogP contribution in [0.5, 0.6) is 0 Å². The van der Waals surface area contributed by atoms with Crippen LogP contribution in [0.25, 0.3) is 0 Å². The number of carboxylic acids is 1. The third-order valence-electron chi connectivity index (χ3n) is 4.38. The normalized spacial score (nSPS) is 10.7. The number of rotatable bonds is 7. The maximum absolute atomic E-state index is 13.9. The van der Waals surface area contributed by atoms with Crippen LogP contribution in [-0.2, 0) is 4.79 Å². The molecule has 0 atom stereocenters. The van der Waals surface area contributed by atoms with Gasteiger partial charge in [0.1, 0.15) is 5.82 Å². The molecule has 0 aliphatic rings. The van der Waals surface area contributed by atoms with Gasteiger partial charge >= 0.3 is 5.97 Å². The van der Waals surface area contributed by atoms with E-state index in [0.29, 0.717) is 9.37 Å². The van der Waals surface area contributed by atoms with Crippen molar-refractivity contribution in [3.8, 4) is 0 Å². The van der Waals surface area contributed by atoms with Gasteiger partial charge in [-0.25, -0.2) is 9.18 Å². The molecule has 0 spiro atoms. The average Bonchev–Trinajstić information content (AvgIpc) is 2.80. The summed E-state index contributed by atoms with van der Waals surface area (Å²) in [7, 11) is 0. The second-order valence-corrected chi connectivity index (χ2v) is 10.2. The van der Waals surface area contributed by atoms with Crippen LogP contribution in [-0.4, -0.2) is 28.6 Å². The fourth-order valence-electron chi connectivity index (χ4n) is 2.83. The number of anilines is 2. The standard InChI is InChI=1S/C22H12BrCl4FN2O4S/c23-9-4-5-13(12(28)6-9)30-14(31)8-35-11-3-1-2-10(7-11)29-21(32)15-16(22(33)34)18(25)20(27)19(26)17(15)24/h1-7H,8H2,(H,29,32)(H,30,31)(H,33,34). The van der Waals surface area contributed by atoms with Crippen LogP contribution in [0.15, 0.2) is 51.8 Å². The highest BCUT2D eigenvalue weighted by molar-refractivity contribution is 9.10. The van der Waals surface area contributed by atoms with E-state index in [9.17, 15) is 23.9 Å². The molecule has 0 heterocycles. The minimum atomic E-state index is -1.52. The lowest BCUT2D eigenvalue weighted by atomic mass is 10.1. The third kappa shape index (κ3) is 6.61. The van der Waals surface area contributed by atoms with E-state index in [1.165, 1.54) is 12.1 Å². The lowest BCUT2D eigenvalue weighted by molar-refractivity contribution is -0.113. The van der Waals surface area contributed by atoms with Gasteiger partial charge < -0.3 is 15.7 Å². The number of carbonyl (C=O) groups is 3. The monoisotopic (exact) mass is 638 g/mol. The molecule has 0 aliphatic heterocycles. The molecule has 3 rings (SSSR count). The van der Waals surface area contributed by atoms with E-state index >= 15 is 0 Å². The fraction of sp³-hybridized carbons (Fsp3) is 0.0455. The Kier molecular flexibility index (Phi) is 9.31. The van der Waals surface area contributed by atoms with Gasteiger partial charge in [0.2, 0.25) is 5.91 Å². The summed E-state index contributed by atoms with van der Waals surface area (Å²) in [5.41, 5.74) is -0.710. The number of carboxylic acid groups (broad SMARTS) is 1. The van der Waals surface area contributed by atoms with Crippen molar-refractivity contribution in [2.75, 3.05) is 16.4 Å². The van der Waals surface area contributed by atoms with Gasteiger partial charge in [0.05, 0.1) is 42.7 Å². The lowest BCUT2D eigenvalue weighted by Gasteiger charge is -2.14. The van der Waals surface area contributed by atoms with Crippen molar-refractivity contribution in [2.45, 2.75) is 4.90 Å². The minimum Gasteiger partial charge on any atom is -0.478 e. The molecule has 0 fully saturated rings. The first-order valence-corrected chi connectivity index (χ1v) is 12.7. The Morgan fingerprint density at radius 2 is 1.57 bits per heavy atom. The Morgan fingerprint density at radius 1 is 0.914 bits per heavy atom. The van der Waals surface area contributed by atoms with Crippen molar-refractivity contribution in [1.82, 2.24) is 0 Å². The summed E-state index contributed by atoms with van der Waals surface area (Å²) in [4.78, 5) is 37.4. The van der Waals surface area contributed by atoms with E-state index < -0.39 is 39.8 Å². The number of aromatic carboxylic acids is 1. The van der Waals surface area contributed by atoms with E-state index in [-0.39, 0.29) is 32.2 Å². The number of thioether (sulfide) groups is 1. The van der Waals surface area contributed by atoms with Crippen LogP contribution in [0.2, 0.25) is 20.1 Å². The topological polar surface area (TPSA) is 95.5 Å². The predicted molar refractivity (Wildman–Crippen MR) is 141 cm³/mol. The molecule has 6 nitrogen and oxygen atoms in total. The molecule has 0 radical (unpaired) electrons. The zero-order valence-corrected chi connectivity index (χ0v) is 22.5. The van der Waals surface area contributed by atoms with E-state index in [2.05, 4.69) is 26.6 Å². The summed E-state index contributed by atoms with van der Waals surface area (Å²) in [6.07, 6.45) is 0. The third-order valence-corrected chi connectivity index (χ3v) is 7.66. The molecule has 0 saturated carbocycles. The van der Waals surface area contributed by atoms with Crippen LogP contribution in [0.4, 0.5) is 15.8 Å². The molecule has 3 N–H and O–H groups in total. The smallest absolute Gasteiger partial charge is 0.338 e. The highest BCUT2D eigenvalue weighted by Crippen LogP contribution is 2.42. The van der Waals surface area contributed by atoms with E-state index in [1.807, 2.05) is 0 Å². The van der Waals surface area contributed by atoms with Gasteiger partial charge in [-0.2, -0.15) is 0 Å². The molecule has 182 valence electrons. The minimum absolute atomic E-state index is 0.0374. The molecule has 3 aromatic carbocycles. The van der Waals surface area contributed by atoms with Crippen molar-refractivity contribution in [2.24, 2.45) is 0 Å². The SMILES string of the molecule is O=C(CSc1cccc(NC(=O)c2c(Cl)c(Cl)c(Cl)c(Cl)c2C(=O)O)c1)Nc1ccc(Br)cc1F. The number of nitrogens with one attached hydrogen (secondary N) is 2. The van der Waals surface area contributed by atoms with Gasteiger partial charge in [-0.15, -0.1) is 11.8 Å². The average molecular weight is 641 g/mol. The molecule has 35 heavy (non-hydrogen) atoms. The summed E-state index contributed by atoms with van der Waals surface area (Å²) in [6.45, 7) is 0. The second-order valence-electron chi connectivity index (χ2n) is 6.75. The first kappa shape index (κ1) is 27.6. The van der Waals surface area contributed by atoms with E-state index in [0.717, 1.165) is 11.8 Å². The first-order valence-electron chi connectivity index (χ1n) is 9.38. The Bertz CT molecular complexity index is 1360. The quantitative estimate of drug-likeness (QED) is 0.139. The lowest BCUT2D eigenvalue weighted by Crippen LogP contribution is -2.18. The summed E-state index contributed by atoms with van der Waals surface area (Å²) < 4.78 is 14.4.